The molecule has 0 bridgehead atoms. The van der Waals surface area contributed by atoms with Crippen molar-refractivity contribution in [1.82, 2.24) is 35.5 Å². The Morgan fingerprint density at radius 3 is 2.52 bits per heavy atom. The molecule has 3 aromatic rings. The number of nitrogens with one attached hydrogen (secondary N) is 2. The molecule has 15 nitrogen and oxygen atoms in total. The van der Waals surface area contributed by atoms with Crippen molar-refractivity contribution < 1.29 is 33.8 Å². The molecule has 2 aromatic heterocycles. The van der Waals surface area contributed by atoms with Crippen molar-refractivity contribution in [1.29, 1.82) is 0 Å². The molecule has 2 saturated heterocycles. The number of nitrogens with two attached hydrogens (primary N) is 1. The summed E-state index contributed by atoms with van der Waals surface area (Å²) in [5.74, 6) is -3.50. The largest absolute Gasteiger partial charge is 0.384 e. The number of amides is 4. The second-order valence-corrected chi connectivity index (χ2v) is 15.2. The van der Waals surface area contributed by atoms with Crippen molar-refractivity contribution in [2.24, 2.45) is 11.7 Å². The second kappa shape index (κ2) is 14.5. The van der Waals surface area contributed by atoms with Gasteiger partial charge in [0.15, 0.2) is 5.01 Å². The van der Waals surface area contributed by atoms with Crippen molar-refractivity contribution in [3.05, 3.63) is 41.2 Å². The lowest BCUT2D eigenvalue weighted by Crippen LogP contribution is -2.64. The van der Waals surface area contributed by atoms with Crippen LogP contribution in [0.5, 0.6) is 0 Å². The SMILES string of the molecule is CC(C)(O)c1cnnn1[C@H]1C[C@@H](C(=O)NC2(C(=O)C(N)=O)CCOCC2)N(C(=O)[C@@H](CC2CCCCC2)NC(=O)c2nc3ccccc3s2)C1. The summed E-state index contributed by atoms with van der Waals surface area (Å²) >= 11 is 1.24. The van der Waals surface area contributed by atoms with Crippen molar-refractivity contribution in [3.8, 4) is 0 Å². The Labute approximate surface area is 293 Å². The lowest BCUT2D eigenvalue weighted by molar-refractivity contribution is -0.147. The van der Waals surface area contributed by atoms with Gasteiger partial charge in [0.05, 0.1) is 28.1 Å². The zero-order chi connectivity index (χ0) is 35.6. The Morgan fingerprint density at radius 2 is 1.84 bits per heavy atom. The number of ether oxygens (including phenoxy) is 1. The molecule has 268 valence electrons. The summed E-state index contributed by atoms with van der Waals surface area (Å²) in [6, 6.07) is 4.75. The minimum atomic E-state index is -1.58. The van der Waals surface area contributed by atoms with Crippen LogP contribution in [-0.4, -0.2) is 96.8 Å². The van der Waals surface area contributed by atoms with Gasteiger partial charge in [0, 0.05) is 39.0 Å². The number of likely N-dealkylation sites (tertiary alicyclic amines) is 1. The molecule has 1 saturated carbocycles. The third-order valence-electron chi connectivity index (χ3n) is 10.2. The number of rotatable bonds is 11. The zero-order valence-corrected chi connectivity index (χ0v) is 29.1. The van der Waals surface area contributed by atoms with Gasteiger partial charge in [0.1, 0.15) is 23.2 Å². The van der Waals surface area contributed by atoms with Crippen LogP contribution in [0, 0.1) is 5.92 Å². The summed E-state index contributed by atoms with van der Waals surface area (Å²) in [7, 11) is 0. The number of hydrogen-bond acceptors (Lipinski definition) is 11. The molecule has 50 heavy (non-hydrogen) atoms. The van der Waals surface area contributed by atoms with Gasteiger partial charge in [-0.1, -0.05) is 49.5 Å². The molecule has 4 heterocycles. The number of hydrogen-bond donors (Lipinski definition) is 4. The van der Waals surface area contributed by atoms with Gasteiger partial charge in [-0.25, -0.2) is 9.67 Å². The number of aromatic nitrogens is 4. The summed E-state index contributed by atoms with van der Waals surface area (Å²) in [6.07, 6.45) is 6.97. The number of ketones is 1. The number of para-hydroxylation sites is 1. The lowest BCUT2D eigenvalue weighted by atomic mass is 9.84. The smallest absolute Gasteiger partial charge is 0.287 e. The summed E-state index contributed by atoms with van der Waals surface area (Å²) < 4.78 is 7.78. The van der Waals surface area contributed by atoms with Gasteiger partial charge in [-0.2, -0.15) is 0 Å². The molecule has 5 N–H and O–H groups in total. The van der Waals surface area contributed by atoms with E-state index in [1.54, 1.807) is 13.8 Å². The molecule has 3 aliphatic rings. The molecular formula is C34H44N8O7S. The van der Waals surface area contributed by atoms with Gasteiger partial charge in [0.2, 0.25) is 17.6 Å². The first-order valence-corrected chi connectivity index (χ1v) is 18.0. The number of Topliss-reactive ketones (excluding diaryl/α,β-unsaturated/α-hetero) is 1. The molecule has 16 heteroatoms. The molecule has 0 radical (unpaired) electrons. The average Bonchev–Trinajstić information content (AvgIpc) is 3.86. The molecule has 1 aliphatic carbocycles. The van der Waals surface area contributed by atoms with E-state index in [-0.39, 0.29) is 49.9 Å². The van der Waals surface area contributed by atoms with E-state index in [4.69, 9.17) is 10.5 Å². The van der Waals surface area contributed by atoms with Crippen LogP contribution >= 0.6 is 11.3 Å². The molecule has 3 atom stereocenters. The van der Waals surface area contributed by atoms with Crippen molar-refractivity contribution in [3.63, 3.8) is 0 Å². The highest BCUT2D eigenvalue weighted by molar-refractivity contribution is 7.20. The van der Waals surface area contributed by atoms with Gasteiger partial charge in [0.25, 0.3) is 11.8 Å². The van der Waals surface area contributed by atoms with Crippen LogP contribution in [0.15, 0.2) is 30.5 Å². The Bertz CT molecular complexity index is 1720. The first-order chi connectivity index (χ1) is 23.9. The zero-order valence-electron chi connectivity index (χ0n) is 28.3. The van der Waals surface area contributed by atoms with Crippen LogP contribution in [0.2, 0.25) is 0 Å². The van der Waals surface area contributed by atoms with E-state index in [0.717, 1.165) is 36.8 Å². The van der Waals surface area contributed by atoms with Crippen LogP contribution in [-0.2, 0) is 29.5 Å². The predicted molar refractivity (Wildman–Crippen MR) is 182 cm³/mol. The van der Waals surface area contributed by atoms with Crippen LogP contribution in [0.25, 0.3) is 10.2 Å². The molecule has 2 aliphatic heterocycles. The Balaban J connectivity index is 1.33. The molecule has 4 amide bonds. The third-order valence-corrected chi connectivity index (χ3v) is 11.2. The first-order valence-electron chi connectivity index (χ1n) is 17.2. The maximum atomic E-state index is 14.7. The Kier molecular flexibility index (Phi) is 10.3. The number of fused-ring (bicyclic) bond motifs is 1. The number of thiazole rings is 1. The van der Waals surface area contributed by atoms with E-state index in [2.05, 4.69) is 25.9 Å². The van der Waals surface area contributed by atoms with Gasteiger partial charge in [-0.15, -0.1) is 16.4 Å². The Hall–Kier alpha value is -4.28. The molecule has 1 aromatic carbocycles. The first kappa shape index (κ1) is 35.5. The number of benzene rings is 1. The van der Waals surface area contributed by atoms with E-state index >= 15 is 0 Å². The normalized spacial score (nSPS) is 21.9. The standard InChI is InChI=1S/C34H44N8O7S/c1-33(2,48)26-18-36-40-42(26)21-17-24(29(45)39-34(27(43)28(35)44)12-14-49-15-13-34)41(19-21)32(47)23(16-20-8-4-3-5-9-20)37-30(46)31-38-22-10-6-7-11-25(22)50-31/h6-7,10-11,18,20-21,23-24,48H,3-5,8-9,12-17,19H2,1-2H3,(H2,35,44)(H,37,46)(H,39,45)/t21-,23+,24-/m0/s1. The molecule has 6 rings (SSSR count). The maximum absolute atomic E-state index is 14.7. The molecule has 3 fully saturated rings. The fourth-order valence-corrected chi connectivity index (χ4v) is 8.35. The summed E-state index contributed by atoms with van der Waals surface area (Å²) in [5.41, 5.74) is 3.58. The topological polar surface area (TPSA) is 212 Å². The Morgan fingerprint density at radius 1 is 1.12 bits per heavy atom. The summed E-state index contributed by atoms with van der Waals surface area (Å²) in [6.45, 7) is 3.45. The van der Waals surface area contributed by atoms with Crippen molar-refractivity contribution in [2.75, 3.05) is 19.8 Å². The third kappa shape index (κ3) is 7.42. The van der Waals surface area contributed by atoms with Gasteiger partial charge in [-0.3, -0.25) is 24.0 Å². The number of nitrogens with zero attached hydrogens (tertiary/aromatic N) is 5. The van der Waals surface area contributed by atoms with Crippen LogP contribution in [0.3, 0.4) is 0 Å². The summed E-state index contributed by atoms with van der Waals surface area (Å²) in [5, 5.41) is 25.1. The van der Waals surface area contributed by atoms with E-state index in [1.807, 2.05) is 24.3 Å². The predicted octanol–water partition coefficient (Wildman–Crippen LogP) is 1.75. The van der Waals surface area contributed by atoms with Gasteiger partial charge < -0.3 is 31.1 Å². The molecular weight excluding hydrogens is 664 g/mol. The van der Waals surface area contributed by atoms with Crippen LogP contribution < -0.4 is 16.4 Å². The van der Waals surface area contributed by atoms with Crippen molar-refractivity contribution >= 4 is 51.0 Å². The van der Waals surface area contributed by atoms with E-state index in [1.165, 1.54) is 27.1 Å². The van der Waals surface area contributed by atoms with E-state index in [9.17, 15) is 29.1 Å². The van der Waals surface area contributed by atoms with E-state index in [0.29, 0.717) is 17.6 Å². The lowest BCUT2D eigenvalue weighted by Gasteiger charge is -2.37. The fourth-order valence-electron chi connectivity index (χ4n) is 7.49. The summed E-state index contributed by atoms with van der Waals surface area (Å²) in [4.78, 5) is 73.8. The average molecular weight is 709 g/mol. The maximum Gasteiger partial charge on any atom is 0.287 e. The van der Waals surface area contributed by atoms with Gasteiger partial charge in [-0.05, 0) is 38.3 Å². The van der Waals surface area contributed by atoms with Gasteiger partial charge >= 0.3 is 0 Å². The van der Waals surface area contributed by atoms with Crippen molar-refractivity contribution in [2.45, 2.75) is 101 Å². The minimum absolute atomic E-state index is 0.0153. The molecule has 0 unspecified atom stereocenters. The highest BCUT2D eigenvalue weighted by Crippen LogP contribution is 2.34. The number of primary amides is 1. The molecule has 0 spiro atoms. The van der Waals surface area contributed by atoms with Crippen LogP contribution in [0.1, 0.15) is 93.2 Å². The minimum Gasteiger partial charge on any atom is -0.384 e. The number of carbonyl (C=O) groups excluding carboxylic acids is 5. The van der Waals surface area contributed by atoms with E-state index < -0.39 is 58.7 Å². The monoisotopic (exact) mass is 708 g/mol. The number of carbonyl (C=O) groups is 5. The number of aliphatic hydroxyl groups is 1. The van der Waals surface area contributed by atoms with Crippen LogP contribution in [0.4, 0.5) is 0 Å². The fraction of sp³-hybridized carbons (Fsp3) is 0.588. The second-order valence-electron chi connectivity index (χ2n) is 14.1. The highest BCUT2D eigenvalue weighted by Gasteiger charge is 2.49. The quantitative estimate of drug-likeness (QED) is 0.212. The highest BCUT2D eigenvalue weighted by atomic mass is 32.1.